The molecule has 5 heteroatoms. The second-order valence-electron chi connectivity index (χ2n) is 6.20. The fraction of sp³-hybridized carbons (Fsp3) is 0.500. The van der Waals surface area contributed by atoms with Gasteiger partial charge in [0.2, 0.25) is 0 Å². The molecule has 1 heterocycles. The number of halogens is 1. The summed E-state index contributed by atoms with van der Waals surface area (Å²) in [4.78, 5) is 0. The van der Waals surface area contributed by atoms with Crippen LogP contribution in [0.25, 0.3) is 0 Å². The van der Waals surface area contributed by atoms with Crippen LogP contribution in [-0.4, -0.2) is 24.9 Å². The Kier molecular flexibility index (Phi) is 4.44. The summed E-state index contributed by atoms with van der Waals surface area (Å²) >= 11 is 0. The van der Waals surface area contributed by atoms with E-state index in [1.807, 2.05) is 27.7 Å². The Hall–Kier alpha value is -1.33. The Labute approximate surface area is 126 Å². The number of benzene rings is 1. The van der Waals surface area contributed by atoms with Crippen molar-refractivity contribution in [1.29, 1.82) is 0 Å². The van der Waals surface area contributed by atoms with E-state index in [-0.39, 0.29) is 5.82 Å². The normalized spacial score (nSPS) is 19.6. The van der Waals surface area contributed by atoms with Crippen molar-refractivity contribution in [3.8, 4) is 5.75 Å². The molecule has 21 heavy (non-hydrogen) atoms. The second-order valence-corrected chi connectivity index (χ2v) is 6.20. The lowest BCUT2D eigenvalue weighted by Crippen LogP contribution is -2.41. The monoisotopic (exact) mass is 292 g/mol. The molecule has 2 rings (SSSR count). The first kappa shape index (κ1) is 16.1. The maximum Gasteiger partial charge on any atom is 0.498 e. The highest BCUT2D eigenvalue weighted by Gasteiger charge is 2.52. The van der Waals surface area contributed by atoms with Gasteiger partial charge >= 0.3 is 7.12 Å². The zero-order chi connectivity index (χ0) is 15.7. The van der Waals surface area contributed by atoms with E-state index in [9.17, 15) is 4.39 Å². The van der Waals surface area contributed by atoms with Crippen LogP contribution in [0.1, 0.15) is 34.1 Å². The predicted molar refractivity (Wildman–Crippen MR) is 82.4 cm³/mol. The minimum Gasteiger partial charge on any atom is -0.494 e. The Balaban J connectivity index is 2.25. The largest absolute Gasteiger partial charge is 0.498 e. The third kappa shape index (κ3) is 3.30. The highest BCUT2D eigenvalue weighted by molar-refractivity contribution is 6.63. The van der Waals surface area contributed by atoms with Crippen LogP contribution in [0.15, 0.2) is 30.9 Å². The van der Waals surface area contributed by atoms with Gasteiger partial charge in [0.25, 0.3) is 0 Å². The third-order valence-electron chi connectivity index (χ3n) is 4.06. The first-order valence-corrected chi connectivity index (χ1v) is 7.15. The highest BCUT2D eigenvalue weighted by atomic mass is 19.1. The number of rotatable bonds is 5. The lowest BCUT2D eigenvalue weighted by molar-refractivity contribution is 0.00578. The maximum atomic E-state index is 13.5. The van der Waals surface area contributed by atoms with Crippen LogP contribution in [0, 0.1) is 5.82 Å². The van der Waals surface area contributed by atoms with Crippen molar-refractivity contribution >= 4 is 12.6 Å². The average molecular weight is 292 g/mol. The molecule has 1 fully saturated rings. The van der Waals surface area contributed by atoms with E-state index in [1.165, 1.54) is 12.1 Å². The van der Waals surface area contributed by atoms with Gasteiger partial charge in [-0.25, -0.2) is 4.39 Å². The van der Waals surface area contributed by atoms with Gasteiger partial charge in [0.05, 0.1) is 17.8 Å². The summed E-state index contributed by atoms with van der Waals surface area (Å²) in [5, 5.41) is 0. The van der Waals surface area contributed by atoms with Crippen LogP contribution in [-0.2, 0) is 9.31 Å². The van der Waals surface area contributed by atoms with Crippen molar-refractivity contribution in [2.45, 2.75) is 45.3 Å². The van der Waals surface area contributed by atoms with Gasteiger partial charge in [-0.05, 0) is 40.2 Å². The summed E-state index contributed by atoms with van der Waals surface area (Å²) in [5.41, 5.74) is -0.173. The van der Waals surface area contributed by atoms with E-state index < -0.39 is 18.3 Å². The molecule has 0 spiro atoms. The summed E-state index contributed by atoms with van der Waals surface area (Å²) in [6.45, 7) is 12.0. The van der Waals surface area contributed by atoms with Crippen LogP contribution >= 0.6 is 0 Å². The average Bonchev–Trinajstić information content (AvgIpc) is 2.58. The molecule has 0 radical (unpaired) electrons. The lowest BCUT2D eigenvalue weighted by atomic mass is 9.78. The van der Waals surface area contributed by atoms with Gasteiger partial charge in [-0.15, -0.1) is 6.58 Å². The molecular formula is C16H22BFO3. The number of hydrogen-bond donors (Lipinski definition) is 0. The van der Waals surface area contributed by atoms with Crippen molar-refractivity contribution in [2.24, 2.45) is 0 Å². The zero-order valence-electron chi connectivity index (χ0n) is 13.1. The molecule has 0 aromatic heterocycles. The Morgan fingerprint density at radius 2 is 1.86 bits per heavy atom. The van der Waals surface area contributed by atoms with Crippen LogP contribution in [0.2, 0.25) is 0 Å². The molecule has 1 saturated heterocycles. The molecule has 1 aromatic carbocycles. The second kappa shape index (κ2) is 5.81. The Morgan fingerprint density at radius 1 is 1.24 bits per heavy atom. The first-order valence-electron chi connectivity index (χ1n) is 7.15. The van der Waals surface area contributed by atoms with Gasteiger partial charge in [-0.1, -0.05) is 12.1 Å². The van der Waals surface area contributed by atoms with Gasteiger partial charge in [0.15, 0.2) is 0 Å². The fourth-order valence-corrected chi connectivity index (χ4v) is 2.05. The van der Waals surface area contributed by atoms with E-state index in [1.54, 1.807) is 12.1 Å². The third-order valence-corrected chi connectivity index (χ3v) is 4.06. The molecule has 1 aliphatic rings. The van der Waals surface area contributed by atoms with Crippen molar-refractivity contribution in [1.82, 2.24) is 0 Å². The fourth-order valence-electron chi connectivity index (χ4n) is 2.05. The molecular weight excluding hydrogens is 270 g/mol. The van der Waals surface area contributed by atoms with Crippen LogP contribution in [0.3, 0.4) is 0 Å². The molecule has 1 aliphatic heterocycles. The van der Waals surface area contributed by atoms with Gasteiger partial charge in [-0.2, -0.15) is 0 Å². The van der Waals surface area contributed by atoms with Gasteiger partial charge < -0.3 is 14.0 Å². The molecule has 1 aromatic rings. The quantitative estimate of drug-likeness (QED) is 0.474. The molecule has 0 bridgehead atoms. The summed E-state index contributed by atoms with van der Waals surface area (Å²) in [7, 11) is -0.561. The van der Waals surface area contributed by atoms with Gasteiger partial charge in [-0.3, -0.25) is 0 Å². The van der Waals surface area contributed by atoms with Gasteiger partial charge in [0, 0.05) is 11.5 Å². The van der Waals surface area contributed by atoms with E-state index in [2.05, 4.69) is 6.58 Å². The minimum atomic E-state index is -0.561. The predicted octanol–water partition coefficient (Wildman–Crippen LogP) is 3.08. The lowest BCUT2D eigenvalue weighted by Gasteiger charge is -2.32. The maximum absolute atomic E-state index is 13.5. The number of ether oxygens (including phenoxy) is 1. The Morgan fingerprint density at radius 3 is 2.43 bits per heavy atom. The molecule has 114 valence electrons. The van der Waals surface area contributed by atoms with Crippen molar-refractivity contribution < 1.29 is 18.4 Å². The van der Waals surface area contributed by atoms with E-state index in [0.29, 0.717) is 24.2 Å². The molecule has 0 saturated carbocycles. The highest BCUT2D eigenvalue weighted by Crippen LogP contribution is 2.37. The summed E-state index contributed by atoms with van der Waals surface area (Å²) in [6, 6.07) is 4.41. The molecule has 0 N–H and O–H groups in total. The first-order chi connectivity index (χ1) is 9.77. The minimum absolute atomic E-state index is 0.344. The van der Waals surface area contributed by atoms with Crippen molar-refractivity contribution in [2.75, 3.05) is 6.61 Å². The SMILES string of the molecule is C=CCCOc1cc(F)ccc1B1OC(C)(C)C(C)(C)O1. The zero-order valence-corrected chi connectivity index (χ0v) is 13.1. The molecule has 0 atom stereocenters. The summed E-state index contributed by atoms with van der Waals surface area (Å²) in [6.07, 6.45) is 2.45. The van der Waals surface area contributed by atoms with Crippen molar-refractivity contribution in [3.63, 3.8) is 0 Å². The van der Waals surface area contributed by atoms with Crippen LogP contribution in [0.5, 0.6) is 5.75 Å². The molecule has 0 unspecified atom stereocenters. The molecule has 0 amide bonds. The van der Waals surface area contributed by atoms with E-state index in [4.69, 9.17) is 14.0 Å². The van der Waals surface area contributed by atoms with Gasteiger partial charge in [0.1, 0.15) is 11.6 Å². The molecule has 0 aliphatic carbocycles. The number of hydrogen-bond acceptors (Lipinski definition) is 3. The van der Waals surface area contributed by atoms with E-state index in [0.717, 1.165) is 0 Å². The van der Waals surface area contributed by atoms with Crippen LogP contribution < -0.4 is 10.2 Å². The Bertz CT molecular complexity index is 512. The smallest absolute Gasteiger partial charge is 0.494 e. The van der Waals surface area contributed by atoms with E-state index >= 15 is 0 Å². The van der Waals surface area contributed by atoms with Crippen molar-refractivity contribution in [3.05, 3.63) is 36.7 Å². The topological polar surface area (TPSA) is 27.7 Å². The molecule has 3 nitrogen and oxygen atoms in total. The summed E-state index contributed by atoms with van der Waals surface area (Å²) in [5.74, 6) is 0.110. The summed E-state index contributed by atoms with van der Waals surface area (Å²) < 4.78 is 31.1. The standard InChI is InChI=1S/C16H22BFO3/c1-6-7-10-19-14-11-12(18)8-9-13(14)17-20-15(2,3)16(4,5)21-17/h6,8-9,11H,1,7,10H2,2-5H3. The van der Waals surface area contributed by atoms with Crippen LogP contribution in [0.4, 0.5) is 4.39 Å².